The Kier molecular flexibility index (Phi) is 2.29. The molecule has 0 fully saturated rings. The van der Waals surface area contributed by atoms with Gasteiger partial charge in [-0.2, -0.15) is 0 Å². The maximum atomic E-state index is 5.76. The normalized spacial score (nSPS) is 10.3. The Morgan fingerprint density at radius 1 is 1.31 bits per heavy atom. The number of thiophene rings is 1. The number of nitrogens with zero attached hydrogens (tertiary/aromatic N) is 2. The van der Waals surface area contributed by atoms with Gasteiger partial charge in [0, 0.05) is 10.9 Å². The van der Waals surface area contributed by atoms with E-state index in [0.29, 0.717) is 5.15 Å². The predicted octanol–water partition coefficient (Wildman–Crippen LogP) is 3.17. The molecule has 2 rings (SSSR count). The summed E-state index contributed by atoms with van der Waals surface area (Å²) in [6.07, 6.45) is 1.48. The molecule has 0 amide bonds. The van der Waals surface area contributed by atoms with E-state index < -0.39 is 0 Å². The summed E-state index contributed by atoms with van der Waals surface area (Å²) in [5.74, 6) is 0. The molecule has 0 aliphatic rings. The molecule has 2 heterocycles. The zero-order valence-corrected chi connectivity index (χ0v) is 8.56. The maximum absolute atomic E-state index is 5.76. The lowest BCUT2D eigenvalue weighted by molar-refractivity contribution is 1.18. The van der Waals surface area contributed by atoms with Gasteiger partial charge >= 0.3 is 0 Å². The third kappa shape index (κ3) is 1.87. The molecule has 4 heteroatoms. The van der Waals surface area contributed by atoms with Gasteiger partial charge in [0.1, 0.15) is 11.5 Å². The van der Waals surface area contributed by atoms with E-state index in [-0.39, 0.29) is 0 Å². The molecule has 2 nitrogen and oxygen atoms in total. The smallest absolute Gasteiger partial charge is 0.133 e. The van der Waals surface area contributed by atoms with Crippen molar-refractivity contribution in [2.24, 2.45) is 0 Å². The number of aryl methyl sites for hydroxylation is 1. The monoisotopic (exact) mass is 210 g/mol. The molecule has 0 atom stereocenters. The highest BCUT2D eigenvalue weighted by Gasteiger charge is 2.02. The highest BCUT2D eigenvalue weighted by atomic mass is 35.5. The fraction of sp³-hybridized carbons (Fsp3) is 0.111. The van der Waals surface area contributed by atoms with Crippen LogP contribution in [0.5, 0.6) is 0 Å². The zero-order chi connectivity index (χ0) is 9.26. The van der Waals surface area contributed by atoms with Crippen molar-refractivity contribution >= 4 is 22.9 Å². The van der Waals surface area contributed by atoms with Gasteiger partial charge in [-0.15, -0.1) is 11.3 Å². The van der Waals surface area contributed by atoms with E-state index >= 15 is 0 Å². The Morgan fingerprint density at radius 3 is 2.77 bits per heavy atom. The first-order valence-corrected chi connectivity index (χ1v) is 4.99. The molecule has 2 aromatic rings. The van der Waals surface area contributed by atoms with Crippen molar-refractivity contribution in [1.82, 2.24) is 9.97 Å². The van der Waals surface area contributed by atoms with Crippen LogP contribution in [0.25, 0.3) is 10.6 Å². The summed E-state index contributed by atoms with van der Waals surface area (Å²) in [6, 6.07) is 5.88. The van der Waals surface area contributed by atoms with Crippen LogP contribution >= 0.6 is 22.9 Å². The third-order valence-electron chi connectivity index (χ3n) is 1.63. The molecule has 0 aliphatic carbocycles. The summed E-state index contributed by atoms with van der Waals surface area (Å²) < 4.78 is 0. The van der Waals surface area contributed by atoms with E-state index in [4.69, 9.17) is 11.6 Å². The van der Waals surface area contributed by atoms with E-state index in [9.17, 15) is 0 Å². The topological polar surface area (TPSA) is 25.8 Å². The van der Waals surface area contributed by atoms with Crippen molar-refractivity contribution < 1.29 is 0 Å². The van der Waals surface area contributed by atoms with Crippen LogP contribution in [0.4, 0.5) is 0 Å². The van der Waals surface area contributed by atoms with Gasteiger partial charge < -0.3 is 0 Å². The summed E-state index contributed by atoms with van der Waals surface area (Å²) in [5, 5.41) is 0.482. The Labute approximate surface area is 85.2 Å². The molecule has 0 spiro atoms. The molecule has 0 aromatic carbocycles. The number of aromatic nitrogens is 2. The minimum Gasteiger partial charge on any atom is -0.235 e. The molecule has 0 unspecified atom stereocenters. The van der Waals surface area contributed by atoms with Gasteiger partial charge in [-0.3, -0.25) is 0 Å². The van der Waals surface area contributed by atoms with Crippen molar-refractivity contribution in [1.29, 1.82) is 0 Å². The highest BCUT2D eigenvalue weighted by Crippen LogP contribution is 2.26. The fourth-order valence-electron chi connectivity index (χ4n) is 1.04. The second-order valence-electron chi connectivity index (χ2n) is 2.64. The van der Waals surface area contributed by atoms with Crippen molar-refractivity contribution in [3.05, 3.63) is 34.6 Å². The Morgan fingerprint density at radius 2 is 2.15 bits per heavy atom. The van der Waals surface area contributed by atoms with Crippen LogP contribution in [-0.4, -0.2) is 9.97 Å². The number of halogens is 1. The van der Waals surface area contributed by atoms with E-state index in [1.807, 2.05) is 6.07 Å². The summed E-state index contributed by atoms with van der Waals surface area (Å²) in [4.78, 5) is 10.4. The van der Waals surface area contributed by atoms with Crippen LogP contribution < -0.4 is 0 Å². The first-order chi connectivity index (χ1) is 6.25. The van der Waals surface area contributed by atoms with E-state index in [1.54, 1.807) is 17.4 Å². The summed E-state index contributed by atoms with van der Waals surface area (Å²) in [7, 11) is 0. The Hall–Kier alpha value is -0.930. The molecule has 0 bridgehead atoms. The molecule has 0 saturated heterocycles. The van der Waals surface area contributed by atoms with Crippen molar-refractivity contribution in [3.8, 4) is 10.6 Å². The zero-order valence-electron chi connectivity index (χ0n) is 6.99. The lowest BCUT2D eigenvalue weighted by atomic mass is 10.3. The van der Waals surface area contributed by atoms with Crippen LogP contribution in [0.3, 0.4) is 0 Å². The largest absolute Gasteiger partial charge is 0.235 e. The minimum absolute atomic E-state index is 0.482. The lowest BCUT2D eigenvalue weighted by Gasteiger charge is -1.94. The fourth-order valence-corrected chi connectivity index (χ4v) is 2.02. The van der Waals surface area contributed by atoms with E-state index in [2.05, 4.69) is 23.0 Å². The standard InChI is InChI=1S/C9H7ClN2S/c1-6-2-3-8(13-6)7-4-9(10)12-5-11-7/h2-5H,1H3. The third-order valence-corrected chi connectivity index (χ3v) is 2.86. The second kappa shape index (κ2) is 3.44. The Bertz CT molecular complexity index is 425. The molecule has 0 N–H and O–H groups in total. The van der Waals surface area contributed by atoms with Crippen LogP contribution in [-0.2, 0) is 0 Å². The number of hydrogen-bond acceptors (Lipinski definition) is 3. The van der Waals surface area contributed by atoms with Gasteiger partial charge in [-0.05, 0) is 19.1 Å². The molecule has 0 radical (unpaired) electrons. The van der Waals surface area contributed by atoms with Gasteiger partial charge in [0.05, 0.1) is 10.6 Å². The van der Waals surface area contributed by atoms with Gasteiger partial charge in [0.2, 0.25) is 0 Å². The molecule has 66 valence electrons. The highest BCUT2D eigenvalue weighted by molar-refractivity contribution is 7.15. The molecule has 0 saturated carbocycles. The van der Waals surface area contributed by atoms with Crippen LogP contribution in [0, 0.1) is 6.92 Å². The van der Waals surface area contributed by atoms with Crippen LogP contribution in [0.15, 0.2) is 24.5 Å². The average molecular weight is 211 g/mol. The molecule has 13 heavy (non-hydrogen) atoms. The van der Waals surface area contributed by atoms with Gasteiger partial charge in [0.15, 0.2) is 0 Å². The number of rotatable bonds is 1. The van der Waals surface area contributed by atoms with Crippen molar-refractivity contribution in [3.63, 3.8) is 0 Å². The minimum atomic E-state index is 0.482. The maximum Gasteiger partial charge on any atom is 0.133 e. The Balaban J connectivity index is 2.46. The van der Waals surface area contributed by atoms with Gasteiger partial charge in [-0.1, -0.05) is 11.6 Å². The SMILES string of the molecule is Cc1ccc(-c2cc(Cl)ncn2)s1. The van der Waals surface area contributed by atoms with Crippen LogP contribution in [0.1, 0.15) is 4.88 Å². The average Bonchev–Trinajstić information content (AvgIpc) is 2.52. The van der Waals surface area contributed by atoms with E-state index in [0.717, 1.165) is 10.6 Å². The predicted molar refractivity (Wildman–Crippen MR) is 55.1 cm³/mol. The quantitative estimate of drug-likeness (QED) is 0.676. The molecular weight excluding hydrogens is 204 g/mol. The van der Waals surface area contributed by atoms with Crippen LogP contribution in [0.2, 0.25) is 5.15 Å². The molecular formula is C9H7ClN2S. The first-order valence-electron chi connectivity index (χ1n) is 3.80. The second-order valence-corrected chi connectivity index (χ2v) is 4.31. The molecule has 2 aromatic heterocycles. The summed E-state index contributed by atoms with van der Waals surface area (Å²) in [6.45, 7) is 2.07. The van der Waals surface area contributed by atoms with Gasteiger partial charge in [-0.25, -0.2) is 9.97 Å². The van der Waals surface area contributed by atoms with E-state index in [1.165, 1.54) is 11.2 Å². The molecule has 0 aliphatic heterocycles. The number of hydrogen-bond donors (Lipinski definition) is 0. The van der Waals surface area contributed by atoms with Crippen molar-refractivity contribution in [2.75, 3.05) is 0 Å². The summed E-state index contributed by atoms with van der Waals surface area (Å²) in [5.41, 5.74) is 0.887. The summed E-state index contributed by atoms with van der Waals surface area (Å²) >= 11 is 7.46. The lowest BCUT2D eigenvalue weighted by Crippen LogP contribution is -1.81. The van der Waals surface area contributed by atoms with Crippen molar-refractivity contribution in [2.45, 2.75) is 6.92 Å². The first kappa shape index (κ1) is 8.66. The van der Waals surface area contributed by atoms with Gasteiger partial charge in [0.25, 0.3) is 0 Å².